The van der Waals surface area contributed by atoms with Crippen molar-refractivity contribution in [3.63, 3.8) is 0 Å². The molecule has 0 aromatic heterocycles. The molecule has 0 radical (unpaired) electrons. The van der Waals surface area contributed by atoms with Gasteiger partial charge in [0.15, 0.2) is 29.6 Å². The predicted molar refractivity (Wildman–Crippen MR) is 302 cm³/mol. The lowest BCUT2D eigenvalue weighted by Gasteiger charge is -2.50. The number of benzene rings is 8. The number of hydrogen-bond donors (Lipinski definition) is 0. The van der Waals surface area contributed by atoms with E-state index in [0.717, 1.165) is 38.3 Å². The number of halogens is 5. The van der Waals surface area contributed by atoms with Crippen LogP contribution in [0.3, 0.4) is 0 Å². The molecule has 17 heteroatoms. The van der Waals surface area contributed by atoms with Crippen LogP contribution in [0.1, 0.15) is 43.7 Å². The van der Waals surface area contributed by atoms with Crippen LogP contribution < -0.4 is 0 Å². The maximum absolute atomic E-state index is 15.4. The number of esters is 1. The van der Waals surface area contributed by atoms with Crippen LogP contribution in [0.2, 0.25) is 0 Å². The first-order chi connectivity index (χ1) is 41.2. The van der Waals surface area contributed by atoms with Crippen molar-refractivity contribution in [2.45, 2.75) is 105 Å². The van der Waals surface area contributed by atoms with Crippen LogP contribution in [0.25, 0.3) is 0 Å². The van der Waals surface area contributed by atoms with Crippen molar-refractivity contribution >= 4 is 17.7 Å². The number of thioether (sulfide) groups is 1. The molecule has 2 heterocycles. The van der Waals surface area contributed by atoms with Gasteiger partial charge in [-0.3, -0.25) is 0 Å². The molecular formula is C67H61F5O11S. The Bertz CT molecular complexity index is 3250. The summed E-state index contributed by atoms with van der Waals surface area (Å²) in [5, 5.41) is 0. The number of rotatable bonds is 26. The highest BCUT2D eigenvalue weighted by Gasteiger charge is 2.55. The Labute approximate surface area is 488 Å². The standard InChI is InChI=1S/C67H61F5O11S/c68-54-53(55(69)57(71)58(72)56(54)70)65(73)80-43-52-60(62(77-39-47-28-14-4-15-29-47)64(79-41-49-32-18-6-19-33-49)67(82-52)84-50-34-20-7-21-35-50)83-66-63(78-40-48-30-16-5-17-31-48)61(76-38-46-26-12-3-13-27-46)59(75-37-45-24-10-2-11-25-45)51(81-66)42-74-36-44-22-8-1-9-23-44/h1-35,51-52,59-64,66-67H,36-43H2/t51-,52-,59+,60+,61+,62+,63-,64-,66-,67-/m1/s1. The van der Waals surface area contributed by atoms with Crippen molar-refractivity contribution in [3.05, 3.63) is 280 Å². The van der Waals surface area contributed by atoms with Gasteiger partial charge in [0.1, 0.15) is 66.4 Å². The van der Waals surface area contributed by atoms with Crippen LogP contribution in [0.4, 0.5) is 22.0 Å². The third-order valence-corrected chi connectivity index (χ3v) is 15.2. The molecule has 2 fully saturated rings. The molecule has 11 nitrogen and oxygen atoms in total. The summed E-state index contributed by atoms with van der Waals surface area (Å²) in [5.74, 6) is -13.7. The molecule has 0 bridgehead atoms. The highest BCUT2D eigenvalue weighted by Crippen LogP contribution is 2.41. The van der Waals surface area contributed by atoms with E-state index in [4.69, 9.17) is 47.4 Å². The van der Waals surface area contributed by atoms with Gasteiger partial charge in [-0.05, 0) is 45.5 Å². The van der Waals surface area contributed by atoms with Crippen LogP contribution in [-0.4, -0.2) is 79.7 Å². The van der Waals surface area contributed by atoms with Crippen molar-refractivity contribution in [2.24, 2.45) is 0 Å². The first-order valence-electron chi connectivity index (χ1n) is 27.4. The van der Waals surface area contributed by atoms with E-state index in [1.807, 2.05) is 212 Å². The van der Waals surface area contributed by atoms with E-state index in [1.54, 1.807) is 0 Å². The second kappa shape index (κ2) is 30.1. The molecule has 0 spiro atoms. The van der Waals surface area contributed by atoms with Gasteiger partial charge >= 0.3 is 5.97 Å². The Balaban J connectivity index is 1.09. The number of carbonyl (C=O) groups excluding carboxylic acids is 1. The van der Waals surface area contributed by atoms with E-state index in [9.17, 15) is 18.0 Å². The molecule has 0 amide bonds. The Kier molecular flexibility index (Phi) is 21.5. The Morgan fingerprint density at radius 3 is 1.15 bits per heavy atom. The van der Waals surface area contributed by atoms with Crippen LogP contribution >= 0.6 is 11.8 Å². The second-order valence-electron chi connectivity index (χ2n) is 20.0. The highest BCUT2D eigenvalue weighted by molar-refractivity contribution is 7.99. The Morgan fingerprint density at radius 2 is 0.714 bits per heavy atom. The molecular weight excluding hydrogens is 1110 g/mol. The molecule has 84 heavy (non-hydrogen) atoms. The zero-order chi connectivity index (χ0) is 58.0. The molecule has 8 aromatic rings. The van der Waals surface area contributed by atoms with Crippen molar-refractivity contribution in [3.8, 4) is 0 Å². The maximum Gasteiger partial charge on any atom is 0.344 e. The average Bonchev–Trinajstić information content (AvgIpc) is 3.53. The molecule has 8 aromatic carbocycles. The third-order valence-electron chi connectivity index (χ3n) is 14.1. The summed E-state index contributed by atoms with van der Waals surface area (Å²) in [7, 11) is 0. The molecule has 2 aliphatic heterocycles. The van der Waals surface area contributed by atoms with Gasteiger partial charge in [0.2, 0.25) is 5.82 Å². The predicted octanol–water partition coefficient (Wildman–Crippen LogP) is 13.3. The van der Waals surface area contributed by atoms with E-state index >= 15 is 8.78 Å². The average molecular weight is 1170 g/mol. The lowest BCUT2D eigenvalue weighted by Crippen LogP contribution is -2.66. The van der Waals surface area contributed by atoms with Crippen molar-refractivity contribution < 1.29 is 74.1 Å². The SMILES string of the molecule is O=C(OC[C@H]1O[C@H](Sc2ccccc2)[C@H](OCc2ccccc2)[C@@H](OCc2ccccc2)[C@H]1O[C@H]1O[C@H](COCc2ccccc2)[C@H](OCc2ccccc2)[C@H](OCc2ccccc2)[C@H]1OCc1ccccc1)c1c(F)c(F)c(F)c(F)c1F. The Hall–Kier alpha value is -7.13. The third kappa shape index (κ3) is 15.8. The van der Waals surface area contributed by atoms with Gasteiger partial charge in [0.05, 0.1) is 46.2 Å². The fourth-order valence-electron chi connectivity index (χ4n) is 9.83. The van der Waals surface area contributed by atoms with Crippen LogP contribution in [0.5, 0.6) is 0 Å². The summed E-state index contributed by atoms with van der Waals surface area (Å²) in [6, 6.07) is 66.2. The quantitative estimate of drug-likeness (QED) is 0.0223. The lowest BCUT2D eigenvalue weighted by atomic mass is 9.96. The van der Waals surface area contributed by atoms with E-state index in [-0.39, 0.29) is 46.2 Å². The lowest BCUT2D eigenvalue weighted by molar-refractivity contribution is -0.359. The zero-order valence-electron chi connectivity index (χ0n) is 45.4. The Morgan fingerprint density at radius 1 is 0.369 bits per heavy atom. The molecule has 436 valence electrons. The normalized spacial score (nSPS) is 22.3. The molecule has 2 aliphatic rings. The molecule has 0 saturated carbocycles. The van der Waals surface area contributed by atoms with E-state index in [2.05, 4.69) is 0 Å². The minimum absolute atomic E-state index is 0.0238. The molecule has 0 N–H and O–H groups in total. The number of hydrogen-bond acceptors (Lipinski definition) is 12. The van der Waals surface area contributed by atoms with Gasteiger partial charge in [-0.2, -0.15) is 0 Å². The van der Waals surface area contributed by atoms with Crippen molar-refractivity contribution in [1.29, 1.82) is 0 Å². The summed E-state index contributed by atoms with van der Waals surface area (Å²) < 4.78 is 143. The zero-order valence-corrected chi connectivity index (χ0v) is 46.2. The largest absolute Gasteiger partial charge is 0.459 e. The van der Waals surface area contributed by atoms with Gasteiger partial charge in [0.25, 0.3) is 0 Å². The topological polar surface area (TPSA) is 109 Å². The van der Waals surface area contributed by atoms with E-state index in [1.165, 1.54) is 11.8 Å². The summed E-state index contributed by atoms with van der Waals surface area (Å²) in [6.45, 7) is -0.458. The van der Waals surface area contributed by atoms with Crippen LogP contribution in [0.15, 0.2) is 217 Å². The highest BCUT2D eigenvalue weighted by atomic mass is 32.2. The van der Waals surface area contributed by atoms with Crippen LogP contribution in [0, 0.1) is 29.1 Å². The number of ether oxygens (including phenoxy) is 10. The first-order valence-corrected chi connectivity index (χ1v) is 28.3. The van der Waals surface area contributed by atoms with Crippen molar-refractivity contribution in [2.75, 3.05) is 13.2 Å². The van der Waals surface area contributed by atoms with Gasteiger partial charge in [-0.25, -0.2) is 26.7 Å². The summed E-state index contributed by atoms with van der Waals surface area (Å²) in [6.07, 6.45) is -10.6. The van der Waals surface area contributed by atoms with Gasteiger partial charge in [-0.15, -0.1) is 0 Å². The van der Waals surface area contributed by atoms with Crippen molar-refractivity contribution in [1.82, 2.24) is 0 Å². The van der Waals surface area contributed by atoms with E-state index in [0.29, 0.717) is 0 Å². The number of carbonyl (C=O) groups is 1. The smallest absolute Gasteiger partial charge is 0.344 e. The summed E-state index contributed by atoms with van der Waals surface area (Å²) in [5.41, 5.74) is 2.17. The van der Waals surface area contributed by atoms with E-state index < -0.39 is 108 Å². The minimum atomic E-state index is -2.44. The fraction of sp³-hybridized carbons (Fsp3) is 0.269. The second-order valence-corrected chi connectivity index (χ2v) is 21.1. The first kappa shape index (κ1) is 60.0. The van der Waals surface area contributed by atoms with Gasteiger partial charge in [-0.1, -0.05) is 212 Å². The molecule has 2 saturated heterocycles. The van der Waals surface area contributed by atoms with Gasteiger partial charge < -0.3 is 47.4 Å². The molecule has 0 unspecified atom stereocenters. The summed E-state index contributed by atoms with van der Waals surface area (Å²) in [4.78, 5) is 14.6. The maximum atomic E-state index is 15.4. The molecule has 10 rings (SSSR count). The molecule has 10 atom stereocenters. The minimum Gasteiger partial charge on any atom is -0.459 e. The summed E-state index contributed by atoms with van der Waals surface area (Å²) >= 11 is 1.26. The molecule has 0 aliphatic carbocycles. The fourth-order valence-corrected chi connectivity index (χ4v) is 11.0. The van der Waals surface area contributed by atoms with Gasteiger partial charge in [0, 0.05) is 4.90 Å². The van der Waals surface area contributed by atoms with Crippen LogP contribution in [-0.2, 0) is 87.0 Å². The monoisotopic (exact) mass is 1170 g/mol.